The maximum absolute atomic E-state index is 11.5. The van der Waals surface area contributed by atoms with E-state index >= 15 is 0 Å². The van der Waals surface area contributed by atoms with Crippen molar-refractivity contribution in [2.75, 3.05) is 21.6 Å². The summed E-state index contributed by atoms with van der Waals surface area (Å²) < 4.78 is 25.4. The molecule has 0 spiro atoms. The molecular formula is C19H27N7O2S. The third-order valence-electron chi connectivity index (χ3n) is 4.47. The molecule has 29 heavy (non-hydrogen) atoms. The van der Waals surface area contributed by atoms with Crippen LogP contribution < -0.4 is 15.4 Å². The Bertz CT molecular complexity index is 1100. The summed E-state index contributed by atoms with van der Waals surface area (Å²) in [4.78, 5) is 16.4. The highest BCUT2D eigenvalue weighted by Crippen LogP contribution is 2.28. The van der Waals surface area contributed by atoms with Gasteiger partial charge in [-0.15, -0.1) is 0 Å². The summed E-state index contributed by atoms with van der Waals surface area (Å²) in [5.74, 6) is 1.04. The van der Waals surface area contributed by atoms with Crippen molar-refractivity contribution in [3.63, 3.8) is 0 Å². The quantitative estimate of drug-likeness (QED) is 0.462. The molecule has 3 rings (SSSR count). The molecule has 0 bridgehead atoms. The first kappa shape index (κ1) is 20.8. The third kappa shape index (κ3) is 5.35. The summed E-state index contributed by atoms with van der Waals surface area (Å²) in [5, 5.41) is 6.64. The van der Waals surface area contributed by atoms with Gasteiger partial charge in [0, 0.05) is 11.7 Å². The molecule has 2 aromatic heterocycles. The number of nitrogens with one attached hydrogen (secondary N) is 4. The van der Waals surface area contributed by atoms with Crippen LogP contribution in [0.2, 0.25) is 0 Å². The average molecular weight is 418 g/mol. The minimum absolute atomic E-state index is 0.0469. The van der Waals surface area contributed by atoms with Crippen molar-refractivity contribution >= 4 is 44.3 Å². The number of anilines is 4. The van der Waals surface area contributed by atoms with E-state index in [4.69, 9.17) is 0 Å². The molecule has 9 nitrogen and oxygen atoms in total. The Labute approximate surface area is 170 Å². The van der Waals surface area contributed by atoms with Gasteiger partial charge < -0.3 is 15.6 Å². The van der Waals surface area contributed by atoms with Crippen LogP contribution in [0.3, 0.4) is 0 Å². The Morgan fingerprint density at radius 1 is 1.17 bits per heavy atom. The minimum atomic E-state index is -3.36. The predicted octanol–water partition coefficient (Wildman–Crippen LogP) is 3.70. The van der Waals surface area contributed by atoms with Crippen molar-refractivity contribution in [3.8, 4) is 0 Å². The van der Waals surface area contributed by atoms with Crippen LogP contribution in [0.4, 0.5) is 23.1 Å². The van der Waals surface area contributed by atoms with Gasteiger partial charge in [-0.1, -0.05) is 33.8 Å². The van der Waals surface area contributed by atoms with Crippen molar-refractivity contribution < 1.29 is 8.42 Å². The standard InChI is InChI=1S/C19H27N7O2S/c1-6-14(19(2,3)4)23-17-15-16(21-11-20-15)24-18(25-17)22-12-8-7-9-13(10-12)26-29(5,27)28/h7-11,14,26H,6H2,1-5H3,(H3,20,21,22,23,24,25)/t14-/m1/s1. The lowest BCUT2D eigenvalue weighted by atomic mass is 9.85. The Hall–Kier alpha value is -2.88. The second-order valence-corrected chi connectivity index (χ2v) is 9.80. The summed E-state index contributed by atoms with van der Waals surface area (Å²) in [6, 6.07) is 7.11. The van der Waals surface area contributed by atoms with E-state index in [2.05, 4.69) is 63.0 Å². The van der Waals surface area contributed by atoms with Crippen LogP contribution in [0, 0.1) is 5.41 Å². The molecule has 0 unspecified atom stereocenters. The number of aromatic nitrogens is 4. The Kier molecular flexibility index (Phi) is 5.65. The van der Waals surface area contributed by atoms with Crippen molar-refractivity contribution in [3.05, 3.63) is 30.6 Å². The van der Waals surface area contributed by atoms with Gasteiger partial charge in [0.2, 0.25) is 16.0 Å². The smallest absolute Gasteiger partial charge is 0.231 e. The molecule has 156 valence electrons. The van der Waals surface area contributed by atoms with E-state index in [1.807, 2.05) is 6.07 Å². The topological polar surface area (TPSA) is 125 Å². The fourth-order valence-electron chi connectivity index (χ4n) is 3.09. The van der Waals surface area contributed by atoms with Gasteiger partial charge in [-0.25, -0.2) is 13.4 Å². The van der Waals surface area contributed by atoms with E-state index in [1.165, 1.54) is 0 Å². The van der Waals surface area contributed by atoms with Gasteiger partial charge in [-0.05, 0) is 30.0 Å². The molecule has 0 saturated carbocycles. The summed E-state index contributed by atoms with van der Waals surface area (Å²) in [5.41, 5.74) is 2.44. The van der Waals surface area contributed by atoms with Crippen molar-refractivity contribution in [1.82, 2.24) is 19.9 Å². The van der Waals surface area contributed by atoms with Crippen LogP contribution in [-0.2, 0) is 10.0 Å². The zero-order chi connectivity index (χ0) is 21.2. The molecule has 0 aliphatic heterocycles. The van der Waals surface area contributed by atoms with Crippen LogP contribution in [0.1, 0.15) is 34.1 Å². The maximum atomic E-state index is 11.5. The van der Waals surface area contributed by atoms with Crippen molar-refractivity contribution in [2.24, 2.45) is 5.41 Å². The molecular weight excluding hydrogens is 390 g/mol. The molecule has 10 heteroatoms. The lowest BCUT2D eigenvalue weighted by Crippen LogP contribution is -2.33. The van der Waals surface area contributed by atoms with Crippen LogP contribution >= 0.6 is 0 Å². The molecule has 0 radical (unpaired) electrons. The van der Waals surface area contributed by atoms with E-state index in [9.17, 15) is 8.42 Å². The number of imidazole rings is 1. The summed E-state index contributed by atoms with van der Waals surface area (Å²) >= 11 is 0. The molecule has 3 aromatic rings. The van der Waals surface area contributed by atoms with E-state index in [0.717, 1.165) is 18.2 Å². The molecule has 1 atom stereocenters. The zero-order valence-corrected chi connectivity index (χ0v) is 18.1. The van der Waals surface area contributed by atoms with Crippen molar-refractivity contribution in [2.45, 2.75) is 40.2 Å². The van der Waals surface area contributed by atoms with Gasteiger partial charge in [-0.2, -0.15) is 9.97 Å². The number of H-pyrrole nitrogens is 1. The van der Waals surface area contributed by atoms with Gasteiger partial charge in [0.15, 0.2) is 11.5 Å². The number of rotatable bonds is 7. The number of hydrogen-bond acceptors (Lipinski definition) is 7. The first-order valence-corrected chi connectivity index (χ1v) is 11.3. The molecule has 0 aliphatic carbocycles. The minimum Gasteiger partial charge on any atom is -0.365 e. The fraction of sp³-hybridized carbons (Fsp3) is 0.421. The first-order valence-electron chi connectivity index (χ1n) is 9.37. The van der Waals surface area contributed by atoms with Gasteiger partial charge in [-0.3, -0.25) is 4.72 Å². The number of sulfonamides is 1. The number of aromatic amines is 1. The van der Waals surface area contributed by atoms with E-state index < -0.39 is 10.0 Å². The van der Waals surface area contributed by atoms with Crippen LogP contribution in [0.5, 0.6) is 0 Å². The predicted molar refractivity (Wildman–Crippen MR) is 117 cm³/mol. The van der Waals surface area contributed by atoms with Gasteiger partial charge in [0.05, 0.1) is 18.3 Å². The molecule has 0 aliphatic rings. The lowest BCUT2D eigenvalue weighted by molar-refractivity contribution is 0.333. The molecule has 0 amide bonds. The second-order valence-electron chi connectivity index (χ2n) is 8.05. The highest BCUT2D eigenvalue weighted by atomic mass is 32.2. The number of benzene rings is 1. The van der Waals surface area contributed by atoms with Crippen LogP contribution in [0.25, 0.3) is 11.2 Å². The monoisotopic (exact) mass is 417 g/mol. The maximum Gasteiger partial charge on any atom is 0.231 e. The Morgan fingerprint density at radius 2 is 1.90 bits per heavy atom. The number of fused-ring (bicyclic) bond motifs is 1. The third-order valence-corrected chi connectivity index (χ3v) is 5.08. The summed E-state index contributed by atoms with van der Waals surface area (Å²) in [6.07, 6.45) is 3.63. The molecule has 0 saturated heterocycles. The molecule has 0 fully saturated rings. The normalized spacial score (nSPS) is 13.3. The first-order chi connectivity index (χ1) is 13.5. The highest BCUT2D eigenvalue weighted by molar-refractivity contribution is 7.92. The SMILES string of the molecule is CC[C@@H](Nc1nc(Nc2cccc(NS(C)(=O)=O)c2)nc2nc[nH]c12)C(C)(C)C. The zero-order valence-electron chi connectivity index (χ0n) is 17.2. The number of nitrogens with zero attached hydrogens (tertiary/aromatic N) is 3. The molecule has 4 N–H and O–H groups in total. The summed E-state index contributed by atoms with van der Waals surface area (Å²) in [7, 11) is -3.36. The molecule has 1 aromatic carbocycles. The largest absolute Gasteiger partial charge is 0.365 e. The Morgan fingerprint density at radius 3 is 2.55 bits per heavy atom. The van der Waals surface area contributed by atoms with Gasteiger partial charge in [0.25, 0.3) is 0 Å². The fourth-order valence-corrected chi connectivity index (χ4v) is 3.65. The van der Waals surface area contributed by atoms with E-state index in [0.29, 0.717) is 28.8 Å². The van der Waals surface area contributed by atoms with Crippen LogP contribution in [-0.4, -0.2) is 40.7 Å². The number of hydrogen-bond donors (Lipinski definition) is 4. The van der Waals surface area contributed by atoms with Crippen LogP contribution in [0.15, 0.2) is 30.6 Å². The van der Waals surface area contributed by atoms with Crippen molar-refractivity contribution in [1.29, 1.82) is 0 Å². The van der Waals surface area contributed by atoms with Gasteiger partial charge >= 0.3 is 0 Å². The summed E-state index contributed by atoms with van der Waals surface area (Å²) in [6.45, 7) is 8.67. The molecule has 2 heterocycles. The highest BCUT2D eigenvalue weighted by Gasteiger charge is 2.24. The van der Waals surface area contributed by atoms with E-state index in [-0.39, 0.29) is 11.5 Å². The second kappa shape index (κ2) is 7.86. The van der Waals surface area contributed by atoms with Gasteiger partial charge in [0.1, 0.15) is 5.52 Å². The average Bonchev–Trinajstić information content (AvgIpc) is 3.06. The van der Waals surface area contributed by atoms with E-state index in [1.54, 1.807) is 24.5 Å². The Balaban J connectivity index is 1.92. The lowest BCUT2D eigenvalue weighted by Gasteiger charge is -2.31.